The molecule has 1 fully saturated rings. The van der Waals surface area contributed by atoms with Crippen LogP contribution < -0.4 is 0 Å². The van der Waals surface area contributed by atoms with Crippen LogP contribution in [0.15, 0.2) is 47.4 Å². The van der Waals surface area contributed by atoms with Crippen molar-refractivity contribution in [1.29, 1.82) is 0 Å². The van der Waals surface area contributed by atoms with Gasteiger partial charge in [-0.05, 0) is 42.9 Å². The summed E-state index contributed by atoms with van der Waals surface area (Å²) in [5.74, 6) is -0.885. The van der Waals surface area contributed by atoms with E-state index in [4.69, 9.17) is 23.2 Å². The van der Waals surface area contributed by atoms with Crippen LogP contribution in [0.1, 0.15) is 28.8 Å². The van der Waals surface area contributed by atoms with Crippen molar-refractivity contribution in [2.45, 2.75) is 24.2 Å². The van der Waals surface area contributed by atoms with Crippen LogP contribution in [-0.2, 0) is 16.4 Å². The van der Waals surface area contributed by atoms with Crippen LogP contribution in [-0.4, -0.2) is 36.9 Å². The van der Waals surface area contributed by atoms with Gasteiger partial charge in [0, 0.05) is 13.1 Å². The summed E-state index contributed by atoms with van der Waals surface area (Å²) in [6, 6.07) is 12.3. The minimum Gasteiger partial charge on any atom is -0.478 e. The fourth-order valence-corrected chi connectivity index (χ4v) is 5.63. The Morgan fingerprint density at radius 3 is 2.30 bits per heavy atom. The van der Waals surface area contributed by atoms with Gasteiger partial charge < -0.3 is 5.11 Å². The Bertz CT molecular complexity index is 940. The first-order chi connectivity index (χ1) is 12.8. The van der Waals surface area contributed by atoms with E-state index in [1.54, 1.807) is 0 Å². The molecule has 0 atom stereocenters. The van der Waals surface area contributed by atoms with Gasteiger partial charge in [-0.25, -0.2) is 13.2 Å². The van der Waals surface area contributed by atoms with Gasteiger partial charge in [0.2, 0.25) is 10.0 Å². The molecule has 8 heteroatoms. The van der Waals surface area contributed by atoms with Crippen molar-refractivity contribution in [1.82, 2.24) is 4.31 Å². The van der Waals surface area contributed by atoms with Crippen LogP contribution in [0.25, 0.3) is 0 Å². The van der Waals surface area contributed by atoms with Gasteiger partial charge in [-0.15, -0.1) is 0 Å². The highest BCUT2D eigenvalue weighted by molar-refractivity contribution is 7.89. The molecule has 0 unspecified atom stereocenters. The topological polar surface area (TPSA) is 74.7 Å². The lowest BCUT2D eigenvalue weighted by atomic mass is 9.91. The third-order valence-electron chi connectivity index (χ3n) is 4.81. The van der Waals surface area contributed by atoms with E-state index in [9.17, 15) is 18.3 Å². The second-order valence-corrected chi connectivity index (χ2v) is 9.33. The third kappa shape index (κ3) is 4.46. The lowest BCUT2D eigenvalue weighted by Crippen LogP contribution is -2.39. The first-order valence-electron chi connectivity index (χ1n) is 8.55. The number of halogens is 2. The van der Waals surface area contributed by atoms with Crippen LogP contribution in [0, 0.1) is 5.92 Å². The molecule has 0 saturated carbocycles. The molecular formula is C19H19Cl2NO4S. The van der Waals surface area contributed by atoms with Gasteiger partial charge in [-0.2, -0.15) is 4.31 Å². The monoisotopic (exact) mass is 427 g/mol. The van der Waals surface area contributed by atoms with Gasteiger partial charge in [0.15, 0.2) is 0 Å². The molecule has 0 amide bonds. The Labute approximate surface area is 168 Å². The number of hydrogen-bond acceptors (Lipinski definition) is 3. The van der Waals surface area contributed by atoms with Gasteiger partial charge >= 0.3 is 5.97 Å². The first kappa shape index (κ1) is 20.1. The standard InChI is InChI=1S/C19H19Cl2NO4S/c20-16-12-17(21)18(11-15(16)19(23)24)27(25,26)22-8-6-14(7-9-22)10-13-4-2-1-3-5-13/h1-5,11-12,14H,6-10H2,(H,23,24). The summed E-state index contributed by atoms with van der Waals surface area (Å²) in [4.78, 5) is 11.1. The summed E-state index contributed by atoms with van der Waals surface area (Å²) in [5.41, 5.74) is 0.962. The van der Waals surface area contributed by atoms with Crippen LogP contribution >= 0.6 is 23.2 Å². The van der Waals surface area contributed by atoms with Gasteiger partial charge in [0.05, 0.1) is 15.6 Å². The molecule has 1 heterocycles. The second kappa shape index (κ2) is 8.19. The molecule has 0 spiro atoms. The van der Waals surface area contributed by atoms with Crippen LogP contribution in [0.3, 0.4) is 0 Å². The Kier molecular flexibility index (Phi) is 6.11. The molecule has 144 valence electrons. The van der Waals surface area contributed by atoms with Gasteiger partial charge in [0.25, 0.3) is 0 Å². The van der Waals surface area contributed by atoms with E-state index in [1.807, 2.05) is 18.2 Å². The summed E-state index contributed by atoms with van der Waals surface area (Å²) in [6.07, 6.45) is 2.40. The minimum atomic E-state index is -3.88. The highest BCUT2D eigenvalue weighted by atomic mass is 35.5. The van der Waals surface area contributed by atoms with Crippen molar-refractivity contribution in [2.24, 2.45) is 5.92 Å². The van der Waals surface area contributed by atoms with Crippen molar-refractivity contribution in [3.8, 4) is 0 Å². The minimum absolute atomic E-state index is 0.0728. The third-order valence-corrected chi connectivity index (χ3v) is 7.49. The van der Waals surface area contributed by atoms with Crippen LogP contribution in [0.4, 0.5) is 0 Å². The zero-order valence-electron chi connectivity index (χ0n) is 14.4. The molecule has 0 aromatic heterocycles. The molecule has 0 aliphatic carbocycles. The van der Waals surface area contributed by atoms with Gasteiger partial charge in [-0.3, -0.25) is 0 Å². The molecule has 2 aromatic carbocycles. The van der Waals surface area contributed by atoms with E-state index in [2.05, 4.69) is 12.1 Å². The molecular weight excluding hydrogens is 409 g/mol. The number of nitrogens with zero attached hydrogens (tertiary/aromatic N) is 1. The van der Waals surface area contributed by atoms with Crippen LogP contribution in [0.2, 0.25) is 10.0 Å². The van der Waals surface area contributed by atoms with Gasteiger partial charge in [-0.1, -0.05) is 53.5 Å². The van der Waals surface area contributed by atoms with E-state index in [1.165, 1.54) is 15.9 Å². The molecule has 1 aliphatic heterocycles. The maximum Gasteiger partial charge on any atom is 0.337 e. The van der Waals surface area contributed by atoms with Crippen molar-refractivity contribution in [3.63, 3.8) is 0 Å². The number of sulfonamides is 1. The Hall–Kier alpha value is -1.60. The Balaban J connectivity index is 1.75. The quantitative estimate of drug-likeness (QED) is 0.769. The number of aromatic carboxylic acids is 1. The molecule has 1 aliphatic rings. The lowest BCUT2D eigenvalue weighted by molar-refractivity contribution is 0.0697. The summed E-state index contributed by atoms with van der Waals surface area (Å²) in [6.45, 7) is 0.752. The summed E-state index contributed by atoms with van der Waals surface area (Å²) in [5, 5.41) is 9.03. The SMILES string of the molecule is O=C(O)c1cc(S(=O)(=O)N2CCC(Cc3ccccc3)CC2)c(Cl)cc1Cl. The van der Waals surface area contributed by atoms with E-state index in [0.29, 0.717) is 19.0 Å². The normalized spacial score (nSPS) is 16.4. The zero-order valence-corrected chi connectivity index (χ0v) is 16.8. The van der Waals surface area contributed by atoms with E-state index >= 15 is 0 Å². The van der Waals surface area contributed by atoms with E-state index in [-0.39, 0.29) is 20.5 Å². The van der Waals surface area contributed by atoms with E-state index in [0.717, 1.165) is 25.3 Å². The Morgan fingerprint density at radius 1 is 1.07 bits per heavy atom. The predicted molar refractivity (Wildman–Crippen MR) is 105 cm³/mol. The summed E-state index contributed by atoms with van der Waals surface area (Å²) < 4.78 is 27.3. The Morgan fingerprint density at radius 2 is 1.70 bits per heavy atom. The fourth-order valence-electron chi connectivity index (χ4n) is 3.33. The smallest absolute Gasteiger partial charge is 0.337 e. The molecule has 5 nitrogen and oxygen atoms in total. The highest BCUT2D eigenvalue weighted by Gasteiger charge is 2.32. The number of carboxylic acids is 1. The van der Waals surface area contributed by atoms with Crippen molar-refractivity contribution in [2.75, 3.05) is 13.1 Å². The number of carboxylic acid groups (broad SMARTS) is 1. The number of carbonyl (C=O) groups is 1. The molecule has 2 aromatic rings. The molecule has 1 saturated heterocycles. The summed E-state index contributed by atoms with van der Waals surface area (Å²) >= 11 is 11.9. The maximum absolute atomic E-state index is 13.0. The summed E-state index contributed by atoms with van der Waals surface area (Å²) in [7, 11) is -3.88. The number of rotatable bonds is 5. The number of piperidine rings is 1. The van der Waals surface area contributed by atoms with E-state index < -0.39 is 16.0 Å². The maximum atomic E-state index is 13.0. The van der Waals surface area contributed by atoms with Crippen molar-refractivity contribution in [3.05, 3.63) is 63.6 Å². The number of hydrogen-bond donors (Lipinski definition) is 1. The molecule has 3 rings (SSSR count). The average molecular weight is 428 g/mol. The molecule has 1 N–H and O–H groups in total. The molecule has 27 heavy (non-hydrogen) atoms. The molecule has 0 radical (unpaired) electrons. The molecule has 0 bridgehead atoms. The van der Waals surface area contributed by atoms with Gasteiger partial charge in [0.1, 0.15) is 4.90 Å². The predicted octanol–water partition coefficient (Wildman–Crippen LogP) is 4.34. The highest BCUT2D eigenvalue weighted by Crippen LogP contribution is 2.33. The zero-order chi connectivity index (χ0) is 19.6. The largest absolute Gasteiger partial charge is 0.478 e. The number of benzene rings is 2. The van der Waals surface area contributed by atoms with Crippen LogP contribution in [0.5, 0.6) is 0 Å². The fraction of sp³-hybridized carbons (Fsp3) is 0.316. The van der Waals surface area contributed by atoms with Crippen molar-refractivity contribution >= 4 is 39.2 Å². The van der Waals surface area contributed by atoms with Crippen molar-refractivity contribution < 1.29 is 18.3 Å². The lowest BCUT2D eigenvalue weighted by Gasteiger charge is -2.31. The second-order valence-electron chi connectivity index (χ2n) is 6.60. The first-order valence-corrected chi connectivity index (χ1v) is 10.7. The average Bonchev–Trinajstić information content (AvgIpc) is 2.62.